The second-order valence-electron chi connectivity index (χ2n) is 3.09. The van der Waals surface area contributed by atoms with Crippen LogP contribution in [0.5, 0.6) is 0 Å². The number of nitrogens with zero attached hydrogens (tertiary/aromatic N) is 1. The minimum Gasteiger partial charge on any atom is -0.296 e. The first-order chi connectivity index (χ1) is 7.20. The Morgan fingerprint density at radius 1 is 1.47 bits per heavy atom. The lowest BCUT2D eigenvalue weighted by molar-refractivity contribution is 0.111. The lowest BCUT2D eigenvalue weighted by Gasteiger charge is -1.95. The molecule has 0 N–H and O–H groups in total. The summed E-state index contributed by atoms with van der Waals surface area (Å²) >= 11 is 4.95. The van der Waals surface area contributed by atoms with Gasteiger partial charge in [-0.05, 0) is 19.1 Å². The standard InChI is InChI=1S/C11H8BrNOS/c1-7-10(6-14)13-11(15-7)8-3-2-4-9(12)5-8/h2-6H,1H3. The summed E-state index contributed by atoms with van der Waals surface area (Å²) in [6, 6.07) is 7.89. The molecule has 1 aromatic carbocycles. The first-order valence-corrected chi connectivity index (χ1v) is 6.00. The first kappa shape index (κ1) is 10.5. The lowest BCUT2D eigenvalue weighted by Crippen LogP contribution is -1.82. The van der Waals surface area contributed by atoms with E-state index in [0.717, 1.165) is 26.2 Å². The molecule has 0 atom stereocenters. The van der Waals surface area contributed by atoms with E-state index in [4.69, 9.17) is 0 Å². The maximum absolute atomic E-state index is 10.7. The Morgan fingerprint density at radius 3 is 2.87 bits per heavy atom. The van der Waals surface area contributed by atoms with E-state index < -0.39 is 0 Å². The fourth-order valence-corrected chi connectivity index (χ4v) is 2.54. The van der Waals surface area contributed by atoms with Crippen LogP contribution in [0.3, 0.4) is 0 Å². The van der Waals surface area contributed by atoms with Gasteiger partial charge < -0.3 is 0 Å². The predicted octanol–water partition coefficient (Wildman–Crippen LogP) is 3.69. The molecule has 0 aliphatic rings. The molecule has 1 heterocycles. The van der Waals surface area contributed by atoms with E-state index in [1.807, 2.05) is 31.2 Å². The van der Waals surface area contributed by atoms with Gasteiger partial charge in [0.1, 0.15) is 10.7 Å². The molecule has 0 unspecified atom stereocenters. The van der Waals surface area contributed by atoms with Crippen molar-refractivity contribution in [3.8, 4) is 10.6 Å². The zero-order chi connectivity index (χ0) is 10.8. The number of carbonyl (C=O) groups excluding carboxylic acids is 1. The number of benzene rings is 1. The second-order valence-corrected chi connectivity index (χ2v) is 5.21. The Hall–Kier alpha value is -1.00. The summed E-state index contributed by atoms with van der Waals surface area (Å²) in [5.41, 5.74) is 1.57. The van der Waals surface area contributed by atoms with Crippen molar-refractivity contribution < 1.29 is 4.79 Å². The zero-order valence-electron chi connectivity index (χ0n) is 8.03. The SMILES string of the molecule is Cc1sc(-c2cccc(Br)c2)nc1C=O. The van der Waals surface area contributed by atoms with Crippen LogP contribution in [-0.4, -0.2) is 11.3 Å². The van der Waals surface area contributed by atoms with Crippen LogP contribution in [0.1, 0.15) is 15.4 Å². The highest BCUT2D eigenvalue weighted by molar-refractivity contribution is 9.10. The lowest BCUT2D eigenvalue weighted by atomic mass is 10.2. The fourth-order valence-electron chi connectivity index (χ4n) is 1.26. The third-order valence-electron chi connectivity index (χ3n) is 2.02. The quantitative estimate of drug-likeness (QED) is 0.786. The Bertz CT molecular complexity index is 507. The number of hydrogen-bond donors (Lipinski definition) is 0. The van der Waals surface area contributed by atoms with Gasteiger partial charge in [0.2, 0.25) is 0 Å². The van der Waals surface area contributed by atoms with Gasteiger partial charge in [-0.2, -0.15) is 0 Å². The topological polar surface area (TPSA) is 30.0 Å². The van der Waals surface area contributed by atoms with Crippen molar-refractivity contribution in [3.05, 3.63) is 39.3 Å². The van der Waals surface area contributed by atoms with Crippen LogP contribution in [-0.2, 0) is 0 Å². The van der Waals surface area contributed by atoms with Crippen LogP contribution in [0.2, 0.25) is 0 Å². The highest BCUT2D eigenvalue weighted by atomic mass is 79.9. The van der Waals surface area contributed by atoms with Crippen molar-refractivity contribution in [2.45, 2.75) is 6.92 Å². The molecule has 0 radical (unpaired) electrons. The molecule has 0 saturated heterocycles. The normalized spacial score (nSPS) is 10.3. The van der Waals surface area contributed by atoms with E-state index >= 15 is 0 Å². The van der Waals surface area contributed by atoms with Crippen molar-refractivity contribution >= 4 is 33.6 Å². The summed E-state index contributed by atoms with van der Waals surface area (Å²) in [4.78, 5) is 15.9. The Kier molecular flexibility index (Phi) is 2.98. The second kappa shape index (κ2) is 4.24. The first-order valence-electron chi connectivity index (χ1n) is 4.39. The van der Waals surface area contributed by atoms with Crippen LogP contribution >= 0.6 is 27.3 Å². The monoisotopic (exact) mass is 281 g/mol. The van der Waals surface area contributed by atoms with E-state index in [1.54, 1.807) is 0 Å². The molecule has 0 amide bonds. The third-order valence-corrected chi connectivity index (χ3v) is 3.54. The molecule has 2 nitrogen and oxygen atoms in total. The summed E-state index contributed by atoms with van der Waals surface area (Å²) in [5, 5.41) is 0.885. The summed E-state index contributed by atoms with van der Waals surface area (Å²) < 4.78 is 1.01. The van der Waals surface area contributed by atoms with Gasteiger partial charge in [0.25, 0.3) is 0 Å². The van der Waals surface area contributed by atoms with E-state index in [-0.39, 0.29) is 0 Å². The van der Waals surface area contributed by atoms with Gasteiger partial charge in [-0.3, -0.25) is 4.79 Å². The Balaban J connectivity index is 2.49. The van der Waals surface area contributed by atoms with E-state index in [2.05, 4.69) is 20.9 Å². The third kappa shape index (κ3) is 2.16. The van der Waals surface area contributed by atoms with Crippen LogP contribution in [0.4, 0.5) is 0 Å². The molecular formula is C11H8BrNOS. The predicted molar refractivity (Wildman–Crippen MR) is 65.4 cm³/mol. The zero-order valence-corrected chi connectivity index (χ0v) is 10.4. The van der Waals surface area contributed by atoms with Crippen LogP contribution < -0.4 is 0 Å². The maximum atomic E-state index is 10.7. The number of halogens is 1. The van der Waals surface area contributed by atoms with Gasteiger partial charge in [0.15, 0.2) is 6.29 Å². The van der Waals surface area contributed by atoms with Gasteiger partial charge in [0.05, 0.1) is 0 Å². The minimum atomic E-state index is 0.537. The number of thiazole rings is 1. The molecule has 1 aromatic heterocycles. The fraction of sp³-hybridized carbons (Fsp3) is 0.0909. The number of aromatic nitrogens is 1. The highest BCUT2D eigenvalue weighted by Gasteiger charge is 2.08. The average molecular weight is 282 g/mol. The number of aldehydes is 1. The molecule has 0 spiro atoms. The summed E-state index contributed by atoms with van der Waals surface area (Å²) in [6.07, 6.45) is 0.799. The van der Waals surface area contributed by atoms with Crippen molar-refractivity contribution in [1.29, 1.82) is 0 Å². The van der Waals surface area contributed by atoms with Crippen LogP contribution in [0, 0.1) is 6.92 Å². The molecule has 0 aliphatic heterocycles. The largest absolute Gasteiger partial charge is 0.296 e. The van der Waals surface area contributed by atoms with Crippen molar-refractivity contribution in [3.63, 3.8) is 0 Å². The molecule has 4 heteroatoms. The highest BCUT2D eigenvalue weighted by Crippen LogP contribution is 2.28. The molecular weight excluding hydrogens is 274 g/mol. The van der Waals surface area contributed by atoms with Crippen molar-refractivity contribution in [2.75, 3.05) is 0 Å². The summed E-state index contributed by atoms with van der Waals surface area (Å²) in [7, 11) is 0. The van der Waals surface area contributed by atoms with Crippen molar-refractivity contribution in [2.24, 2.45) is 0 Å². The summed E-state index contributed by atoms with van der Waals surface area (Å²) in [5.74, 6) is 0. The van der Waals surface area contributed by atoms with E-state index in [9.17, 15) is 4.79 Å². The molecule has 0 saturated carbocycles. The molecule has 0 bridgehead atoms. The van der Waals surface area contributed by atoms with Crippen LogP contribution in [0.15, 0.2) is 28.7 Å². The summed E-state index contributed by atoms with van der Waals surface area (Å²) in [6.45, 7) is 1.91. The molecule has 2 aromatic rings. The van der Waals surface area contributed by atoms with E-state index in [1.165, 1.54) is 11.3 Å². The Labute approximate surface area is 100 Å². The number of rotatable bonds is 2. The van der Waals surface area contributed by atoms with Gasteiger partial charge in [-0.25, -0.2) is 4.98 Å². The van der Waals surface area contributed by atoms with Gasteiger partial charge in [-0.15, -0.1) is 11.3 Å². The van der Waals surface area contributed by atoms with E-state index in [0.29, 0.717) is 5.69 Å². The van der Waals surface area contributed by atoms with Gasteiger partial charge >= 0.3 is 0 Å². The molecule has 15 heavy (non-hydrogen) atoms. The maximum Gasteiger partial charge on any atom is 0.169 e. The number of aryl methyl sites for hydroxylation is 1. The molecule has 2 rings (SSSR count). The smallest absolute Gasteiger partial charge is 0.169 e. The van der Waals surface area contributed by atoms with Gasteiger partial charge in [0, 0.05) is 14.9 Å². The molecule has 76 valence electrons. The average Bonchev–Trinajstić information content (AvgIpc) is 2.60. The van der Waals surface area contributed by atoms with Crippen molar-refractivity contribution in [1.82, 2.24) is 4.98 Å². The number of hydrogen-bond acceptors (Lipinski definition) is 3. The molecule has 0 aliphatic carbocycles. The minimum absolute atomic E-state index is 0.537. The van der Waals surface area contributed by atoms with Crippen LogP contribution in [0.25, 0.3) is 10.6 Å². The van der Waals surface area contributed by atoms with Gasteiger partial charge in [-0.1, -0.05) is 28.1 Å². The molecule has 0 fully saturated rings. The number of carbonyl (C=O) groups is 1. The Morgan fingerprint density at radius 2 is 2.27 bits per heavy atom.